The number of rotatable bonds is 2. The van der Waals surface area contributed by atoms with Gasteiger partial charge in [0.25, 0.3) is 0 Å². The highest BCUT2D eigenvalue weighted by molar-refractivity contribution is 8.00. The molecule has 0 aromatic carbocycles. The van der Waals surface area contributed by atoms with E-state index in [0.717, 1.165) is 12.3 Å². The van der Waals surface area contributed by atoms with Crippen LogP contribution in [0.5, 0.6) is 0 Å². The second kappa shape index (κ2) is 3.55. The number of thioether (sulfide) groups is 1. The highest BCUT2D eigenvalue weighted by atomic mass is 32.2. The smallest absolute Gasteiger partial charge is 0.242 e. The fourth-order valence-electron chi connectivity index (χ4n) is 1.58. The van der Waals surface area contributed by atoms with Gasteiger partial charge in [0.2, 0.25) is 5.89 Å². The summed E-state index contributed by atoms with van der Waals surface area (Å²) in [6.07, 6.45) is 2.33. The Hall–Kier alpha value is -0.550. The molecule has 0 aliphatic carbocycles. The monoisotopic (exact) mass is 213 g/mol. The number of aromatic nitrogens is 2. The summed E-state index contributed by atoms with van der Waals surface area (Å²) in [6.45, 7) is 4.02. The molecule has 1 aromatic rings. The standard InChI is InChI=1S/C9H15N3OS/c1-6(10)7-11-8(13-12-7)9(2)4-3-5-14-9/h6H,3-5,10H2,1-2H3. The molecule has 1 aliphatic heterocycles. The first kappa shape index (κ1) is 9.98. The predicted octanol–water partition coefficient (Wildman–Crippen LogP) is 1.83. The minimum absolute atomic E-state index is 0.0140. The Kier molecular flexibility index (Phi) is 2.53. The van der Waals surface area contributed by atoms with E-state index in [0.29, 0.717) is 5.82 Å². The summed E-state index contributed by atoms with van der Waals surface area (Å²) in [4.78, 5) is 4.34. The summed E-state index contributed by atoms with van der Waals surface area (Å²) in [5, 5.41) is 3.88. The van der Waals surface area contributed by atoms with Crippen molar-refractivity contribution in [3.63, 3.8) is 0 Å². The summed E-state index contributed by atoms with van der Waals surface area (Å²) in [6, 6.07) is -0.150. The molecule has 1 aliphatic rings. The SMILES string of the molecule is CC(N)c1noc(C2(C)CCCS2)n1. The molecule has 5 heteroatoms. The van der Waals surface area contributed by atoms with Crippen LogP contribution in [-0.2, 0) is 4.75 Å². The van der Waals surface area contributed by atoms with Gasteiger partial charge in [-0.1, -0.05) is 5.16 Å². The third-order valence-corrected chi connectivity index (χ3v) is 4.03. The van der Waals surface area contributed by atoms with Crippen LogP contribution in [0.25, 0.3) is 0 Å². The molecule has 0 spiro atoms. The molecule has 1 fully saturated rings. The van der Waals surface area contributed by atoms with Gasteiger partial charge in [-0.05, 0) is 32.4 Å². The average Bonchev–Trinajstić information content (AvgIpc) is 2.71. The first-order valence-corrected chi connectivity index (χ1v) is 5.84. The highest BCUT2D eigenvalue weighted by Crippen LogP contribution is 2.45. The summed E-state index contributed by atoms with van der Waals surface area (Å²) < 4.78 is 5.26. The van der Waals surface area contributed by atoms with E-state index in [-0.39, 0.29) is 10.8 Å². The Labute approximate surface area is 87.6 Å². The van der Waals surface area contributed by atoms with Crippen LogP contribution in [-0.4, -0.2) is 15.9 Å². The maximum Gasteiger partial charge on any atom is 0.242 e. The average molecular weight is 213 g/mol. The molecule has 1 saturated heterocycles. The first-order chi connectivity index (χ1) is 6.62. The van der Waals surface area contributed by atoms with Crippen LogP contribution in [0, 0.1) is 0 Å². The molecule has 2 heterocycles. The van der Waals surface area contributed by atoms with Gasteiger partial charge in [0, 0.05) is 0 Å². The van der Waals surface area contributed by atoms with E-state index in [4.69, 9.17) is 10.3 Å². The largest absolute Gasteiger partial charge is 0.338 e. The fraction of sp³-hybridized carbons (Fsp3) is 0.778. The van der Waals surface area contributed by atoms with Gasteiger partial charge in [-0.2, -0.15) is 4.98 Å². The van der Waals surface area contributed by atoms with E-state index in [1.54, 1.807) is 0 Å². The number of nitrogens with two attached hydrogens (primary N) is 1. The van der Waals surface area contributed by atoms with E-state index in [1.807, 2.05) is 18.7 Å². The lowest BCUT2D eigenvalue weighted by Crippen LogP contribution is -2.14. The fourth-order valence-corrected chi connectivity index (χ4v) is 2.82. The summed E-state index contributed by atoms with van der Waals surface area (Å²) in [5.41, 5.74) is 5.68. The second-order valence-corrected chi connectivity index (χ2v) is 5.53. The molecule has 4 nitrogen and oxygen atoms in total. The van der Waals surface area contributed by atoms with Crippen LogP contribution >= 0.6 is 11.8 Å². The van der Waals surface area contributed by atoms with Crippen molar-refractivity contribution >= 4 is 11.8 Å². The van der Waals surface area contributed by atoms with E-state index >= 15 is 0 Å². The molecule has 0 radical (unpaired) electrons. The molecule has 78 valence electrons. The van der Waals surface area contributed by atoms with E-state index in [9.17, 15) is 0 Å². The third kappa shape index (κ3) is 1.66. The van der Waals surface area contributed by atoms with Gasteiger partial charge in [0.1, 0.15) is 0 Å². The Bertz CT molecular complexity index is 318. The second-order valence-electron chi connectivity index (χ2n) is 3.93. The van der Waals surface area contributed by atoms with Gasteiger partial charge in [0.15, 0.2) is 5.82 Å². The Morgan fingerprint density at radius 3 is 2.93 bits per heavy atom. The van der Waals surface area contributed by atoms with Gasteiger partial charge >= 0.3 is 0 Å². The van der Waals surface area contributed by atoms with Crippen molar-refractivity contribution in [2.24, 2.45) is 5.73 Å². The third-order valence-electron chi connectivity index (χ3n) is 2.52. The van der Waals surface area contributed by atoms with Crippen molar-refractivity contribution in [3.05, 3.63) is 11.7 Å². The molecule has 1 aromatic heterocycles. The van der Waals surface area contributed by atoms with Crippen LogP contribution < -0.4 is 5.73 Å². The lowest BCUT2D eigenvalue weighted by molar-refractivity contribution is 0.338. The van der Waals surface area contributed by atoms with Crippen molar-refractivity contribution in [3.8, 4) is 0 Å². The molecule has 2 atom stereocenters. The van der Waals surface area contributed by atoms with Gasteiger partial charge < -0.3 is 10.3 Å². The molecule has 14 heavy (non-hydrogen) atoms. The first-order valence-electron chi connectivity index (χ1n) is 4.85. The molecular weight excluding hydrogens is 198 g/mol. The minimum Gasteiger partial charge on any atom is -0.338 e. The van der Waals surface area contributed by atoms with Crippen LogP contribution in [0.4, 0.5) is 0 Å². The predicted molar refractivity (Wildman–Crippen MR) is 55.9 cm³/mol. The Morgan fingerprint density at radius 2 is 2.43 bits per heavy atom. The summed E-state index contributed by atoms with van der Waals surface area (Å²) in [7, 11) is 0. The zero-order chi connectivity index (χ0) is 10.2. The van der Waals surface area contributed by atoms with Crippen LogP contribution in [0.15, 0.2) is 4.52 Å². The molecular formula is C9H15N3OS. The van der Waals surface area contributed by atoms with E-state index in [1.165, 1.54) is 12.2 Å². The van der Waals surface area contributed by atoms with Crippen molar-refractivity contribution in [2.75, 3.05) is 5.75 Å². The van der Waals surface area contributed by atoms with Crippen LogP contribution in [0.3, 0.4) is 0 Å². The van der Waals surface area contributed by atoms with Crippen LogP contribution in [0.1, 0.15) is 44.4 Å². The van der Waals surface area contributed by atoms with Crippen molar-refractivity contribution in [1.82, 2.24) is 10.1 Å². The van der Waals surface area contributed by atoms with Crippen molar-refractivity contribution in [1.29, 1.82) is 0 Å². The van der Waals surface area contributed by atoms with Gasteiger partial charge in [-0.3, -0.25) is 0 Å². The zero-order valence-corrected chi connectivity index (χ0v) is 9.30. The molecule has 2 rings (SSSR count). The molecule has 0 bridgehead atoms. The van der Waals surface area contributed by atoms with Gasteiger partial charge in [-0.25, -0.2) is 0 Å². The highest BCUT2D eigenvalue weighted by Gasteiger charge is 2.37. The van der Waals surface area contributed by atoms with Gasteiger partial charge in [-0.15, -0.1) is 11.8 Å². The Balaban J connectivity index is 2.23. The number of hydrogen-bond donors (Lipinski definition) is 1. The van der Waals surface area contributed by atoms with Gasteiger partial charge in [0.05, 0.1) is 10.8 Å². The molecule has 0 amide bonds. The molecule has 2 N–H and O–H groups in total. The molecule has 0 saturated carbocycles. The topological polar surface area (TPSA) is 64.9 Å². The quantitative estimate of drug-likeness (QED) is 0.812. The lowest BCUT2D eigenvalue weighted by Gasteiger charge is -2.16. The van der Waals surface area contributed by atoms with Crippen LogP contribution in [0.2, 0.25) is 0 Å². The zero-order valence-electron chi connectivity index (χ0n) is 8.49. The van der Waals surface area contributed by atoms with Crippen molar-refractivity contribution in [2.45, 2.75) is 37.5 Å². The maximum atomic E-state index is 5.68. The Morgan fingerprint density at radius 1 is 1.64 bits per heavy atom. The summed E-state index contributed by atoms with van der Waals surface area (Å²) >= 11 is 1.89. The summed E-state index contributed by atoms with van der Waals surface area (Å²) in [5.74, 6) is 2.51. The maximum absolute atomic E-state index is 5.68. The number of hydrogen-bond acceptors (Lipinski definition) is 5. The molecule has 2 unspecified atom stereocenters. The van der Waals surface area contributed by atoms with E-state index in [2.05, 4.69) is 17.1 Å². The number of nitrogens with zero attached hydrogens (tertiary/aromatic N) is 2. The van der Waals surface area contributed by atoms with Crippen molar-refractivity contribution < 1.29 is 4.52 Å². The van der Waals surface area contributed by atoms with E-state index < -0.39 is 0 Å². The normalized spacial score (nSPS) is 29.4. The minimum atomic E-state index is -0.150. The lowest BCUT2D eigenvalue weighted by atomic mass is 10.1.